The Morgan fingerprint density at radius 1 is 1.06 bits per heavy atom. The first-order valence-corrected chi connectivity index (χ1v) is 11.4. The fourth-order valence-electron chi connectivity index (χ4n) is 2.94. The van der Waals surface area contributed by atoms with Crippen LogP contribution in [0.15, 0.2) is 71.3 Å². The van der Waals surface area contributed by atoms with Crippen LogP contribution in [0.25, 0.3) is 10.2 Å². The molecule has 2 heterocycles. The summed E-state index contributed by atoms with van der Waals surface area (Å²) in [5.41, 5.74) is 1.62. The van der Waals surface area contributed by atoms with Crippen LogP contribution >= 0.6 is 27.3 Å². The number of fused-ring (bicyclic) bond motifs is 1. The van der Waals surface area contributed by atoms with Crippen molar-refractivity contribution in [3.05, 3.63) is 77.0 Å². The second-order valence-corrected chi connectivity index (χ2v) is 8.53. The van der Waals surface area contributed by atoms with Crippen molar-refractivity contribution >= 4 is 48.5 Å². The Hall–Kier alpha value is -2.97. The maximum atomic E-state index is 13.1. The number of carbonyl (C=O) groups excluding carboxylic acids is 1. The van der Waals surface area contributed by atoms with Crippen LogP contribution in [0.2, 0.25) is 0 Å². The Kier molecular flexibility index (Phi) is 6.79. The van der Waals surface area contributed by atoms with E-state index in [4.69, 9.17) is 9.47 Å². The van der Waals surface area contributed by atoms with Crippen molar-refractivity contribution in [1.82, 2.24) is 9.97 Å². The molecule has 4 rings (SSSR count). The summed E-state index contributed by atoms with van der Waals surface area (Å²) in [7, 11) is 0. The van der Waals surface area contributed by atoms with Crippen LogP contribution in [0, 0.1) is 0 Å². The smallest absolute Gasteiger partial charge is 0.267 e. The molecule has 2 aromatic carbocycles. The van der Waals surface area contributed by atoms with Crippen molar-refractivity contribution in [3.8, 4) is 11.5 Å². The van der Waals surface area contributed by atoms with E-state index >= 15 is 0 Å². The molecule has 0 spiro atoms. The summed E-state index contributed by atoms with van der Waals surface area (Å²) < 4.78 is 13.1. The lowest BCUT2D eigenvalue weighted by Crippen LogP contribution is -2.34. The maximum absolute atomic E-state index is 13.1. The Balaban J connectivity index is 1.54. The van der Waals surface area contributed by atoms with E-state index in [0.29, 0.717) is 24.0 Å². The van der Waals surface area contributed by atoms with Gasteiger partial charge in [0, 0.05) is 10.7 Å². The monoisotopic (exact) mass is 497 g/mol. The van der Waals surface area contributed by atoms with Crippen LogP contribution in [0.1, 0.15) is 12.6 Å². The third kappa shape index (κ3) is 5.39. The normalized spacial score (nSPS) is 10.8. The predicted octanol–water partition coefficient (Wildman–Crippen LogP) is 5.46. The van der Waals surface area contributed by atoms with Gasteiger partial charge in [-0.05, 0) is 61.5 Å². The Bertz CT molecular complexity index is 1170. The number of pyridine rings is 1. The molecule has 0 aliphatic carbocycles. The van der Waals surface area contributed by atoms with E-state index in [2.05, 4.69) is 25.9 Å². The lowest BCUT2D eigenvalue weighted by molar-refractivity contribution is -0.120. The number of ether oxygens (including phenoxy) is 2. The van der Waals surface area contributed by atoms with Crippen molar-refractivity contribution < 1.29 is 14.3 Å². The molecule has 158 valence electrons. The van der Waals surface area contributed by atoms with Crippen molar-refractivity contribution in [3.63, 3.8) is 0 Å². The first kappa shape index (κ1) is 21.3. The predicted molar refractivity (Wildman–Crippen MR) is 126 cm³/mol. The third-order valence-corrected chi connectivity index (χ3v) is 5.95. The standard InChI is InChI=1S/C23H20BrN3O3S/c1-2-29-18-7-9-19(10-8-18)30-15-22(28)27(14-17-5-3-4-12-25-17)23-26-20-11-6-16(24)13-21(20)31-23/h3-13H,2,14-15H2,1H3. The van der Waals surface area contributed by atoms with E-state index in [9.17, 15) is 4.79 Å². The fourth-order valence-corrected chi connectivity index (χ4v) is 4.47. The minimum absolute atomic E-state index is 0.111. The average molecular weight is 498 g/mol. The van der Waals surface area contributed by atoms with Crippen molar-refractivity contribution in [2.24, 2.45) is 0 Å². The number of hydrogen-bond donors (Lipinski definition) is 0. The quantitative estimate of drug-likeness (QED) is 0.323. The largest absolute Gasteiger partial charge is 0.494 e. The molecular weight excluding hydrogens is 478 g/mol. The second kappa shape index (κ2) is 9.89. The van der Waals surface area contributed by atoms with Crippen molar-refractivity contribution in [2.75, 3.05) is 18.1 Å². The second-order valence-electron chi connectivity index (χ2n) is 6.60. The summed E-state index contributed by atoms with van der Waals surface area (Å²) in [6.07, 6.45) is 1.71. The number of thiazole rings is 1. The summed E-state index contributed by atoms with van der Waals surface area (Å²) in [6, 6.07) is 18.7. The molecule has 8 heteroatoms. The molecule has 0 bridgehead atoms. The van der Waals surface area contributed by atoms with Gasteiger partial charge in [0.2, 0.25) is 0 Å². The first-order valence-electron chi connectivity index (χ1n) is 9.74. The van der Waals surface area contributed by atoms with Gasteiger partial charge in [-0.2, -0.15) is 0 Å². The molecule has 0 saturated carbocycles. The van der Waals surface area contributed by atoms with Crippen LogP contribution < -0.4 is 14.4 Å². The number of aromatic nitrogens is 2. The molecule has 0 atom stereocenters. The molecular formula is C23H20BrN3O3S. The SMILES string of the molecule is CCOc1ccc(OCC(=O)N(Cc2ccccn2)c2nc3ccc(Br)cc3s2)cc1. The number of halogens is 1. The topological polar surface area (TPSA) is 64.6 Å². The number of amides is 1. The van der Waals surface area contributed by atoms with Crippen LogP contribution in [0.3, 0.4) is 0 Å². The zero-order chi connectivity index (χ0) is 21.6. The zero-order valence-electron chi connectivity index (χ0n) is 16.8. The highest BCUT2D eigenvalue weighted by Gasteiger charge is 2.21. The molecule has 0 aliphatic rings. The van der Waals surface area contributed by atoms with Gasteiger partial charge in [0.1, 0.15) is 11.5 Å². The number of carbonyl (C=O) groups is 1. The molecule has 4 aromatic rings. The molecule has 2 aromatic heterocycles. The fraction of sp³-hybridized carbons (Fsp3) is 0.174. The number of anilines is 1. The zero-order valence-corrected chi connectivity index (χ0v) is 19.2. The number of benzene rings is 2. The van der Waals surface area contributed by atoms with E-state index in [-0.39, 0.29) is 12.5 Å². The van der Waals surface area contributed by atoms with Crippen LogP contribution in [0.5, 0.6) is 11.5 Å². The molecule has 6 nitrogen and oxygen atoms in total. The van der Waals surface area contributed by atoms with Gasteiger partial charge in [0.25, 0.3) is 5.91 Å². The lowest BCUT2D eigenvalue weighted by atomic mass is 10.3. The first-order chi connectivity index (χ1) is 15.1. The number of hydrogen-bond acceptors (Lipinski definition) is 6. The van der Waals surface area contributed by atoms with Gasteiger partial charge >= 0.3 is 0 Å². The minimum atomic E-state index is -0.197. The number of nitrogens with zero attached hydrogens (tertiary/aromatic N) is 3. The molecule has 0 unspecified atom stereocenters. The Morgan fingerprint density at radius 2 is 1.84 bits per heavy atom. The van der Waals surface area contributed by atoms with Crippen LogP contribution in [-0.4, -0.2) is 29.1 Å². The van der Waals surface area contributed by atoms with Gasteiger partial charge in [-0.3, -0.25) is 14.7 Å². The third-order valence-electron chi connectivity index (χ3n) is 4.41. The minimum Gasteiger partial charge on any atom is -0.494 e. The van der Waals surface area contributed by atoms with Gasteiger partial charge in [0.05, 0.1) is 29.1 Å². The summed E-state index contributed by atoms with van der Waals surface area (Å²) in [4.78, 5) is 23.8. The number of rotatable bonds is 8. The maximum Gasteiger partial charge on any atom is 0.267 e. The van der Waals surface area contributed by atoms with E-state index in [1.165, 1.54) is 11.3 Å². The van der Waals surface area contributed by atoms with E-state index < -0.39 is 0 Å². The van der Waals surface area contributed by atoms with Gasteiger partial charge in [0.15, 0.2) is 11.7 Å². The molecule has 31 heavy (non-hydrogen) atoms. The molecule has 0 saturated heterocycles. The van der Waals surface area contributed by atoms with Crippen LogP contribution in [0.4, 0.5) is 5.13 Å². The van der Waals surface area contributed by atoms with Crippen molar-refractivity contribution in [1.29, 1.82) is 0 Å². The van der Waals surface area contributed by atoms with E-state index in [1.54, 1.807) is 23.2 Å². The summed E-state index contributed by atoms with van der Waals surface area (Å²) in [6.45, 7) is 2.73. The van der Waals surface area contributed by atoms with E-state index in [1.807, 2.05) is 55.5 Å². The molecule has 0 radical (unpaired) electrons. The highest BCUT2D eigenvalue weighted by molar-refractivity contribution is 9.10. The van der Waals surface area contributed by atoms with Crippen LogP contribution in [-0.2, 0) is 11.3 Å². The molecule has 0 fully saturated rings. The summed E-state index contributed by atoms with van der Waals surface area (Å²) in [5, 5.41) is 0.610. The highest BCUT2D eigenvalue weighted by Crippen LogP contribution is 2.31. The Labute approximate surface area is 192 Å². The van der Waals surface area contributed by atoms with E-state index in [0.717, 1.165) is 26.1 Å². The summed E-state index contributed by atoms with van der Waals surface area (Å²) >= 11 is 4.95. The average Bonchev–Trinajstić information content (AvgIpc) is 3.20. The molecule has 0 N–H and O–H groups in total. The molecule has 0 aliphatic heterocycles. The van der Waals surface area contributed by atoms with Gasteiger partial charge < -0.3 is 9.47 Å². The Morgan fingerprint density at radius 3 is 2.55 bits per heavy atom. The van der Waals surface area contributed by atoms with Crippen molar-refractivity contribution in [2.45, 2.75) is 13.5 Å². The van der Waals surface area contributed by atoms with Gasteiger partial charge in [-0.25, -0.2) is 4.98 Å². The summed E-state index contributed by atoms with van der Waals surface area (Å²) in [5.74, 6) is 1.17. The highest BCUT2D eigenvalue weighted by atomic mass is 79.9. The lowest BCUT2D eigenvalue weighted by Gasteiger charge is -2.19. The van der Waals surface area contributed by atoms with Gasteiger partial charge in [-0.1, -0.05) is 33.3 Å². The molecule has 1 amide bonds. The van der Waals surface area contributed by atoms with Gasteiger partial charge in [-0.15, -0.1) is 0 Å².